The lowest BCUT2D eigenvalue weighted by Crippen LogP contribution is -2.32. The summed E-state index contributed by atoms with van der Waals surface area (Å²) in [7, 11) is 1.77. The van der Waals surface area contributed by atoms with E-state index in [1.807, 2.05) is 6.92 Å². The number of aromatic nitrogens is 1. The highest BCUT2D eigenvalue weighted by atomic mass is 16.5. The highest BCUT2D eigenvalue weighted by molar-refractivity contribution is 6.01. The molecular formula is C16H24N2O4. The summed E-state index contributed by atoms with van der Waals surface area (Å²) in [6, 6.07) is 0. The highest BCUT2D eigenvalue weighted by Crippen LogP contribution is 2.22. The van der Waals surface area contributed by atoms with Gasteiger partial charge in [0.25, 0.3) is 5.91 Å². The summed E-state index contributed by atoms with van der Waals surface area (Å²) in [5.41, 5.74) is 2.39. The molecule has 1 saturated heterocycles. The molecule has 0 bridgehead atoms. The van der Waals surface area contributed by atoms with Crippen molar-refractivity contribution >= 4 is 11.9 Å². The first-order valence-electron chi connectivity index (χ1n) is 7.70. The van der Waals surface area contributed by atoms with E-state index in [-0.39, 0.29) is 12.0 Å². The molecule has 2 heterocycles. The van der Waals surface area contributed by atoms with E-state index in [2.05, 4.69) is 5.32 Å². The van der Waals surface area contributed by atoms with Crippen molar-refractivity contribution in [2.24, 2.45) is 7.05 Å². The second kappa shape index (κ2) is 6.96. The molecule has 1 aliphatic rings. The lowest BCUT2D eigenvalue weighted by molar-refractivity contribution is 0.0514. The normalized spacial score (nSPS) is 17.5. The van der Waals surface area contributed by atoms with Crippen molar-refractivity contribution in [1.82, 2.24) is 9.88 Å². The minimum atomic E-state index is -0.399. The number of esters is 1. The predicted molar refractivity (Wildman–Crippen MR) is 82.2 cm³/mol. The summed E-state index contributed by atoms with van der Waals surface area (Å²) in [6.45, 7) is 6.94. The lowest BCUT2D eigenvalue weighted by atomic mass is 10.1. The van der Waals surface area contributed by atoms with Crippen LogP contribution in [0.3, 0.4) is 0 Å². The van der Waals surface area contributed by atoms with Crippen LogP contribution in [0.25, 0.3) is 0 Å². The molecule has 0 radical (unpaired) electrons. The highest BCUT2D eigenvalue weighted by Gasteiger charge is 2.26. The number of carbonyl (C=O) groups excluding carboxylic acids is 2. The molecule has 1 amide bonds. The van der Waals surface area contributed by atoms with Gasteiger partial charge < -0.3 is 19.4 Å². The summed E-state index contributed by atoms with van der Waals surface area (Å²) in [6.07, 6.45) is 2.11. The summed E-state index contributed by atoms with van der Waals surface area (Å²) < 4.78 is 12.3. The van der Waals surface area contributed by atoms with E-state index in [0.717, 1.165) is 25.1 Å². The van der Waals surface area contributed by atoms with Gasteiger partial charge in [0.05, 0.1) is 18.3 Å². The lowest BCUT2D eigenvalue weighted by Gasteiger charge is -2.11. The number of amides is 1. The number of hydrogen-bond acceptors (Lipinski definition) is 4. The summed E-state index contributed by atoms with van der Waals surface area (Å²) >= 11 is 0. The first-order valence-corrected chi connectivity index (χ1v) is 7.70. The van der Waals surface area contributed by atoms with Crippen molar-refractivity contribution in [3.05, 3.63) is 22.5 Å². The summed E-state index contributed by atoms with van der Waals surface area (Å²) in [4.78, 5) is 24.5. The second-order valence-corrected chi connectivity index (χ2v) is 5.56. The van der Waals surface area contributed by atoms with Crippen LogP contribution in [0, 0.1) is 13.8 Å². The average molecular weight is 308 g/mol. The van der Waals surface area contributed by atoms with E-state index in [1.54, 1.807) is 25.5 Å². The quantitative estimate of drug-likeness (QED) is 0.841. The number of rotatable bonds is 5. The molecular weight excluding hydrogens is 284 g/mol. The third-order valence-corrected chi connectivity index (χ3v) is 4.14. The van der Waals surface area contributed by atoms with Gasteiger partial charge in [-0.25, -0.2) is 4.79 Å². The number of nitrogens with zero attached hydrogens (tertiary/aromatic N) is 1. The van der Waals surface area contributed by atoms with E-state index in [9.17, 15) is 9.59 Å². The maximum atomic E-state index is 12.5. The van der Waals surface area contributed by atoms with E-state index in [0.29, 0.717) is 30.0 Å². The van der Waals surface area contributed by atoms with Gasteiger partial charge in [0.15, 0.2) is 0 Å². The fourth-order valence-corrected chi connectivity index (χ4v) is 2.90. The Morgan fingerprint density at radius 1 is 1.41 bits per heavy atom. The predicted octanol–water partition coefficient (Wildman–Crippen LogP) is 1.73. The minimum Gasteiger partial charge on any atom is -0.461 e. The fourth-order valence-electron chi connectivity index (χ4n) is 2.90. The maximum Gasteiger partial charge on any atom is 0.355 e. The number of hydrogen-bond donors (Lipinski definition) is 1. The van der Waals surface area contributed by atoms with Crippen LogP contribution >= 0.6 is 0 Å². The van der Waals surface area contributed by atoms with Gasteiger partial charge in [0, 0.05) is 25.9 Å². The van der Waals surface area contributed by atoms with Crippen LogP contribution in [0.4, 0.5) is 0 Å². The van der Waals surface area contributed by atoms with Gasteiger partial charge in [-0.15, -0.1) is 0 Å². The summed E-state index contributed by atoms with van der Waals surface area (Å²) in [5, 5.41) is 2.90. The van der Waals surface area contributed by atoms with Crippen LogP contribution in [0.5, 0.6) is 0 Å². The Balaban J connectivity index is 2.17. The number of carbonyl (C=O) groups is 2. The number of nitrogens with one attached hydrogen (secondary N) is 1. The van der Waals surface area contributed by atoms with Crippen LogP contribution in [0.1, 0.15) is 51.9 Å². The summed E-state index contributed by atoms with van der Waals surface area (Å²) in [5.74, 6) is -0.569. The molecule has 22 heavy (non-hydrogen) atoms. The smallest absolute Gasteiger partial charge is 0.355 e. The molecule has 1 aromatic rings. The minimum absolute atomic E-state index is 0.0952. The Bertz CT molecular complexity index is 571. The van der Waals surface area contributed by atoms with Gasteiger partial charge in [-0.05, 0) is 39.2 Å². The third-order valence-electron chi connectivity index (χ3n) is 4.14. The Labute approximate surface area is 130 Å². The Hall–Kier alpha value is -1.82. The van der Waals surface area contributed by atoms with Gasteiger partial charge >= 0.3 is 5.97 Å². The topological polar surface area (TPSA) is 69.6 Å². The van der Waals surface area contributed by atoms with Crippen molar-refractivity contribution in [2.75, 3.05) is 19.8 Å². The maximum absolute atomic E-state index is 12.5. The molecule has 0 saturated carbocycles. The molecule has 0 aromatic carbocycles. The van der Waals surface area contributed by atoms with Gasteiger partial charge in [-0.1, -0.05) is 0 Å². The van der Waals surface area contributed by atoms with Gasteiger partial charge in [0.1, 0.15) is 5.69 Å². The van der Waals surface area contributed by atoms with Crippen LogP contribution in [0.2, 0.25) is 0 Å². The van der Waals surface area contributed by atoms with Crippen LogP contribution in [-0.2, 0) is 16.5 Å². The first-order chi connectivity index (χ1) is 10.5. The monoisotopic (exact) mass is 308 g/mol. The number of ether oxygens (including phenoxy) is 2. The van der Waals surface area contributed by atoms with Crippen LogP contribution in [0.15, 0.2) is 0 Å². The molecule has 6 nitrogen and oxygen atoms in total. The molecule has 0 unspecified atom stereocenters. The Morgan fingerprint density at radius 2 is 2.14 bits per heavy atom. The van der Waals surface area contributed by atoms with E-state index in [1.165, 1.54) is 0 Å². The molecule has 0 aliphatic carbocycles. The molecule has 122 valence electrons. The third kappa shape index (κ3) is 3.16. The van der Waals surface area contributed by atoms with E-state index >= 15 is 0 Å². The van der Waals surface area contributed by atoms with Crippen LogP contribution < -0.4 is 5.32 Å². The first kappa shape index (κ1) is 16.5. The van der Waals surface area contributed by atoms with Crippen molar-refractivity contribution in [2.45, 2.75) is 39.7 Å². The van der Waals surface area contributed by atoms with Gasteiger partial charge in [-0.2, -0.15) is 0 Å². The second-order valence-electron chi connectivity index (χ2n) is 5.56. The van der Waals surface area contributed by atoms with Crippen molar-refractivity contribution in [3.8, 4) is 0 Å². The van der Waals surface area contributed by atoms with Crippen molar-refractivity contribution in [1.29, 1.82) is 0 Å². The Kier molecular flexibility index (Phi) is 5.24. The molecule has 6 heteroatoms. The van der Waals surface area contributed by atoms with Crippen molar-refractivity contribution in [3.63, 3.8) is 0 Å². The molecule has 1 N–H and O–H groups in total. The standard InChI is InChI=1S/C16H24N2O4/c1-5-21-16(20)14-10(2)13(11(3)18(14)4)15(19)17-9-12-7-6-8-22-12/h12H,5-9H2,1-4H3,(H,17,19)/t12-/m0/s1. The molecule has 1 aromatic heterocycles. The average Bonchev–Trinajstić information content (AvgIpc) is 3.05. The SMILES string of the molecule is CCOC(=O)c1c(C)c(C(=O)NC[C@@H]2CCCO2)c(C)n1C. The van der Waals surface area contributed by atoms with Gasteiger partial charge in [-0.3, -0.25) is 4.79 Å². The molecule has 1 aliphatic heterocycles. The zero-order valence-corrected chi connectivity index (χ0v) is 13.7. The zero-order chi connectivity index (χ0) is 16.3. The molecule has 1 fully saturated rings. The van der Waals surface area contributed by atoms with Crippen LogP contribution in [-0.4, -0.2) is 42.3 Å². The largest absolute Gasteiger partial charge is 0.461 e. The Morgan fingerprint density at radius 3 is 2.73 bits per heavy atom. The molecule has 1 atom stereocenters. The van der Waals surface area contributed by atoms with E-state index < -0.39 is 5.97 Å². The fraction of sp³-hybridized carbons (Fsp3) is 0.625. The molecule has 2 rings (SSSR count). The molecule has 0 spiro atoms. The zero-order valence-electron chi connectivity index (χ0n) is 13.7. The van der Waals surface area contributed by atoms with Crippen molar-refractivity contribution < 1.29 is 19.1 Å². The van der Waals surface area contributed by atoms with E-state index in [4.69, 9.17) is 9.47 Å². The van der Waals surface area contributed by atoms with Gasteiger partial charge in [0.2, 0.25) is 0 Å².